The molecule has 0 amide bonds. The van der Waals surface area contributed by atoms with Crippen molar-refractivity contribution in [2.75, 3.05) is 36.0 Å². The van der Waals surface area contributed by atoms with Crippen molar-refractivity contribution in [2.24, 2.45) is 4.99 Å². The molecule has 152 valence electrons. The van der Waals surface area contributed by atoms with E-state index < -0.39 is 10.0 Å². The maximum absolute atomic E-state index is 11.6. The minimum atomic E-state index is -3.32. The molecule has 7 nitrogen and oxygen atoms in total. The summed E-state index contributed by atoms with van der Waals surface area (Å²) in [5, 5.41) is 10.2. The second-order valence-corrected chi connectivity index (χ2v) is 9.49. The van der Waals surface area contributed by atoms with Gasteiger partial charge in [-0.2, -0.15) is 0 Å². The average molecular weight is 422 g/mol. The normalized spacial score (nSPS) is 16.1. The van der Waals surface area contributed by atoms with Crippen molar-refractivity contribution in [3.05, 3.63) is 47.3 Å². The van der Waals surface area contributed by atoms with Gasteiger partial charge in [-0.15, -0.1) is 11.3 Å². The maximum Gasteiger partial charge on any atom is 0.229 e. The van der Waals surface area contributed by atoms with Crippen LogP contribution in [0.2, 0.25) is 0 Å². The fourth-order valence-corrected chi connectivity index (χ4v) is 4.62. The quantitative estimate of drug-likeness (QED) is 0.493. The molecule has 1 aliphatic rings. The number of nitrogens with one attached hydrogen (secondary N) is 3. The summed E-state index contributed by atoms with van der Waals surface area (Å²) in [7, 11) is -1.57. The number of thiophene rings is 1. The van der Waals surface area contributed by atoms with Gasteiger partial charge in [0.25, 0.3) is 0 Å². The third-order valence-corrected chi connectivity index (χ3v) is 6.16. The van der Waals surface area contributed by atoms with E-state index in [1.807, 2.05) is 18.2 Å². The minimum absolute atomic E-state index is 0.367. The number of piperidine rings is 1. The lowest BCUT2D eigenvalue weighted by molar-refractivity contribution is 0.463. The molecule has 1 aromatic heterocycles. The summed E-state index contributed by atoms with van der Waals surface area (Å²) in [6.07, 6.45) is 3.25. The summed E-state index contributed by atoms with van der Waals surface area (Å²) in [6.45, 7) is 2.53. The Morgan fingerprint density at radius 3 is 2.61 bits per heavy atom. The Hall–Kier alpha value is -2.26. The van der Waals surface area contributed by atoms with Crippen LogP contribution in [-0.2, 0) is 16.6 Å². The minimum Gasteiger partial charge on any atom is -0.363 e. The molecule has 0 aliphatic carbocycles. The van der Waals surface area contributed by atoms with Crippen LogP contribution in [-0.4, -0.2) is 46.8 Å². The van der Waals surface area contributed by atoms with E-state index in [2.05, 4.69) is 42.8 Å². The number of hydrogen-bond donors (Lipinski definition) is 3. The lowest BCUT2D eigenvalue weighted by Gasteiger charge is -2.33. The molecule has 9 heteroatoms. The van der Waals surface area contributed by atoms with E-state index in [1.165, 1.54) is 5.00 Å². The number of para-hydroxylation sites is 1. The van der Waals surface area contributed by atoms with Gasteiger partial charge in [0, 0.05) is 32.7 Å². The lowest BCUT2D eigenvalue weighted by atomic mass is 10.1. The summed E-state index contributed by atoms with van der Waals surface area (Å²) < 4.78 is 25.7. The van der Waals surface area contributed by atoms with E-state index in [0.29, 0.717) is 18.3 Å². The molecule has 2 aromatic rings. The molecule has 1 aromatic carbocycles. The number of guanidine groups is 1. The van der Waals surface area contributed by atoms with Gasteiger partial charge in [0.15, 0.2) is 5.96 Å². The number of anilines is 2. The van der Waals surface area contributed by atoms with Crippen LogP contribution in [0, 0.1) is 0 Å². The molecular weight excluding hydrogens is 394 g/mol. The van der Waals surface area contributed by atoms with Gasteiger partial charge in [0.2, 0.25) is 10.0 Å². The summed E-state index contributed by atoms with van der Waals surface area (Å²) >= 11 is 1.78. The van der Waals surface area contributed by atoms with E-state index in [1.54, 1.807) is 24.5 Å². The zero-order valence-electron chi connectivity index (χ0n) is 16.2. The van der Waals surface area contributed by atoms with Crippen LogP contribution in [0.15, 0.2) is 46.8 Å². The van der Waals surface area contributed by atoms with E-state index in [9.17, 15) is 8.42 Å². The van der Waals surface area contributed by atoms with Gasteiger partial charge in [-0.05, 0) is 42.0 Å². The molecule has 0 spiro atoms. The number of nitrogens with zero attached hydrogens (tertiary/aromatic N) is 2. The predicted octanol–water partition coefficient (Wildman–Crippen LogP) is 2.45. The summed E-state index contributed by atoms with van der Waals surface area (Å²) in [4.78, 5) is 6.74. The standard InChI is InChI=1S/C19H27N5O2S2/c1-20-19(21-14-15-6-3-4-7-17(15)23-28(2,25)26)22-16-9-11-24(12-10-16)18-8-5-13-27-18/h3-8,13,16,23H,9-12,14H2,1-2H3,(H2,20,21,22). The Bertz CT molecular complexity index is 889. The molecule has 0 bridgehead atoms. The lowest BCUT2D eigenvalue weighted by Crippen LogP contribution is -2.48. The first-order chi connectivity index (χ1) is 13.4. The van der Waals surface area contributed by atoms with Crippen molar-refractivity contribution in [3.8, 4) is 0 Å². The van der Waals surface area contributed by atoms with Crippen LogP contribution in [0.3, 0.4) is 0 Å². The molecule has 1 aliphatic heterocycles. The Labute approximate surface area is 170 Å². The van der Waals surface area contributed by atoms with Crippen molar-refractivity contribution in [2.45, 2.75) is 25.4 Å². The van der Waals surface area contributed by atoms with Gasteiger partial charge in [0.05, 0.1) is 16.9 Å². The highest BCUT2D eigenvalue weighted by Gasteiger charge is 2.20. The third kappa shape index (κ3) is 5.87. The second kappa shape index (κ2) is 9.29. The van der Waals surface area contributed by atoms with Crippen LogP contribution in [0.5, 0.6) is 0 Å². The summed E-state index contributed by atoms with van der Waals surface area (Å²) in [5.74, 6) is 0.726. The highest BCUT2D eigenvalue weighted by Crippen LogP contribution is 2.24. The van der Waals surface area contributed by atoms with Crippen molar-refractivity contribution in [1.29, 1.82) is 0 Å². The van der Waals surface area contributed by atoms with Crippen molar-refractivity contribution < 1.29 is 8.42 Å². The van der Waals surface area contributed by atoms with Crippen molar-refractivity contribution in [3.63, 3.8) is 0 Å². The highest BCUT2D eigenvalue weighted by atomic mass is 32.2. The maximum atomic E-state index is 11.6. The largest absolute Gasteiger partial charge is 0.363 e. The van der Waals surface area contributed by atoms with E-state index in [0.717, 1.165) is 43.7 Å². The molecule has 0 unspecified atom stereocenters. The molecule has 2 heterocycles. The van der Waals surface area contributed by atoms with Crippen LogP contribution in [0.4, 0.5) is 10.7 Å². The molecule has 0 radical (unpaired) electrons. The van der Waals surface area contributed by atoms with Crippen LogP contribution in [0.25, 0.3) is 0 Å². The van der Waals surface area contributed by atoms with Crippen LogP contribution in [0.1, 0.15) is 18.4 Å². The monoisotopic (exact) mass is 421 g/mol. The average Bonchev–Trinajstić information content (AvgIpc) is 3.20. The van der Waals surface area contributed by atoms with E-state index >= 15 is 0 Å². The molecule has 3 N–H and O–H groups in total. The molecule has 28 heavy (non-hydrogen) atoms. The number of rotatable bonds is 6. The molecule has 1 saturated heterocycles. The first-order valence-corrected chi connectivity index (χ1v) is 12.0. The SMILES string of the molecule is CN=C(NCc1ccccc1NS(C)(=O)=O)NC1CCN(c2cccs2)CC1. The Balaban J connectivity index is 1.52. The zero-order chi connectivity index (χ0) is 20.0. The summed E-state index contributed by atoms with van der Waals surface area (Å²) in [6, 6.07) is 12.0. The van der Waals surface area contributed by atoms with Crippen molar-refractivity contribution in [1.82, 2.24) is 10.6 Å². The Kier molecular flexibility index (Phi) is 6.79. The van der Waals surface area contributed by atoms with Crippen LogP contribution >= 0.6 is 11.3 Å². The highest BCUT2D eigenvalue weighted by molar-refractivity contribution is 7.92. The topological polar surface area (TPSA) is 85.8 Å². The fourth-order valence-electron chi connectivity index (χ4n) is 3.23. The summed E-state index contributed by atoms with van der Waals surface area (Å²) in [5.41, 5.74) is 1.44. The molecule has 1 fully saturated rings. The van der Waals surface area contributed by atoms with Gasteiger partial charge in [-0.25, -0.2) is 8.42 Å². The number of aliphatic imine (C=N–C) groups is 1. The number of sulfonamides is 1. The van der Waals surface area contributed by atoms with Gasteiger partial charge in [0.1, 0.15) is 0 Å². The van der Waals surface area contributed by atoms with Gasteiger partial charge in [-0.1, -0.05) is 18.2 Å². The second-order valence-electron chi connectivity index (χ2n) is 6.81. The predicted molar refractivity (Wildman–Crippen MR) is 118 cm³/mol. The van der Waals surface area contributed by atoms with E-state index in [-0.39, 0.29) is 0 Å². The number of benzene rings is 1. The zero-order valence-corrected chi connectivity index (χ0v) is 17.8. The Morgan fingerprint density at radius 2 is 1.96 bits per heavy atom. The van der Waals surface area contributed by atoms with Crippen molar-refractivity contribution >= 4 is 38.0 Å². The van der Waals surface area contributed by atoms with Gasteiger partial charge in [-0.3, -0.25) is 9.71 Å². The first-order valence-electron chi connectivity index (χ1n) is 9.26. The number of hydrogen-bond acceptors (Lipinski definition) is 5. The smallest absolute Gasteiger partial charge is 0.229 e. The van der Waals surface area contributed by atoms with Crippen LogP contribution < -0.4 is 20.3 Å². The molecule has 3 rings (SSSR count). The van der Waals surface area contributed by atoms with Gasteiger partial charge >= 0.3 is 0 Å². The molecule has 0 saturated carbocycles. The molecule has 0 atom stereocenters. The van der Waals surface area contributed by atoms with Gasteiger partial charge < -0.3 is 15.5 Å². The Morgan fingerprint density at radius 1 is 1.21 bits per heavy atom. The van der Waals surface area contributed by atoms with E-state index in [4.69, 9.17) is 0 Å². The first kappa shape index (κ1) is 20.5. The fraction of sp³-hybridized carbons (Fsp3) is 0.421. The molecular formula is C19H27N5O2S2. The third-order valence-electron chi connectivity index (χ3n) is 4.64.